The molecule has 0 amide bonds. The van der Waals surface area contributed by atoms with Gasteiger partial charge in [-0.3, -0.25) is 4.98 Å². The average Bonchev–Trinajstić information content (AvgIpc) is 3.18. The van der Waals surface area contributed by atoms with Crippen molar-refractivity contribution in [2.24, 2.45) is 0 Å². The molecule has 5 nitrogen and oxygen atoms in total. The maximum absolute atomic E-state index is 4.68. The minimum Gasteiger partial charge on any atom is -0.378 e. The highest BCUT2D eigenvalue weighted by Crippen LogP contribution is 2.30. The molecule has 0 aliphatic heterocycles. The zero-order valence-corrected chi connectivity index (χ0v) is 18.2. The summed E-state index contributed by atoms with van der Waals surface area (Å²) in [7, 11) is 4.08. The Kier molecular flexibility index (Phi) is 5.30. The Hall–Kier alpha value is -4.12. The Morgan fingerprint density at radius 2 is 1.75 bits per heavy atom. The minimum absolute atomic E-state index is 0.772. The zero-order chi connectivity index (χ0) is 21.9. The Labute approximate surface area is 188 Å². The summed E-state index contributed by atoms with van der Waals surface area (Å²) in [6.45, 7) is 0.772. The van der Waals surface area contributed by atoms with Crippen molar-refractivity contribution in [3.63, 3.8) is 0 Å². The van der Waals surface area contributed by atoms with Gasteiger partial charge in [0.2, 0.25) is 0 Å². The van der Waals surface area contributed by atoms with Crippen molar-refractivity contribution < 1.29 is 0 Å². The highest BCUT2D eigenvalue weighted by molar-refractivity contribution is 5.88. The quantitative estimate of drug-likeness (QED) is 0.369. The number of pyridine rings is 2. The van der Waals surface area contributed by atoms with Gasteiger partial charge in [-0.25, -0.2) is 4.98 Å². The number of nitrogens with one attached hydrogen (secondary N) is 1. The molecular formula is C27H25N5. The average molecular weight is 420 g/mol. The third-order valence-electron chi connectivity index (χ3n) is 5.56. The molecule has 3 heterocycles. The molecule has 0 radical (unpaired) electrons. The first-order chi connectivity index (χ1) is 15.7. The van der Waals surface area contributed by atoms with E-state index in [2.05, 4.69) is 91.5 Å². The summed E-state index contributed by atoms with van der Waals surface area (Å²) in [6, 6.07) is 27.2. The van der Waals surface area contributed by atoms with Crippen LogP contribution >= 0.6 is 0 Å². The molecule has 0 unspecified atom stereocenters. The number of rotatable bonds is 6. The highest BCUT2D eigenvalue weighted by Gasteiger charge is 2.13. The van der Waals surface area contributed by atoms with Crippen LogP contribution in [0.15, 0.2) is 97.5 Å². The molecule has 0 atom stereocenters. The zero-order valence-electron chi connectivity index (χ0n) is 18.2. The van der Waals surface area contributed by atoms with Gasteiger partial charge in [0.1, 0.15) is 5.82 Å². The van der Waals surface area contributed by atoms with E-state index in [4.69, 9.17) is 0 Å². The summed E-state index contributed by atoms with van der Waals surface area (Å²) in [4.78, 5) is 11.1. The molecular weight excluding hydrogens is 394 g/mol. The van der Waals surface area contributed by atoms with Crippen molar-refractivity contribution in [3.8, 4) is 11.3 Å². The van der Waals surface area contributed by atoms with E-state index >= 15 is 0 Å². The molecule has 2 aromatic carbocycles. The van der Waals surface area contributed by atoms with Gasteiger partial charge in [-0.15, -0.1) is 0 Å². The van der Waals surface area contributed by atoms with Crippen molar-refractivity contribution >= 4 is 28.1 Å². The van der Waals surface area contributed by atoms with Crippen LogP contribution in [0.1, 0.15) is 5.56 Å². The third kappa shape index (κ3) is 4.05. The molecule has 0 aliphatic rings. The number of anilines is 3. The van der Waals surface area contributed by atoms with E-state index in [1.54, 1.807) is 6.20 Å². The van der Waals surface area contributed by atoms with Crippen LogP contribution in [0.4, 0.5) is 17.2 Å². The molecule has 0 fully saturated rings. The van der Waals surface area contributed by atoms with Gasteiger partial charge in [-0.2, -0.15) is 0 Å². The predicted molar refractivity (Wildman–Crippen MR) is 133 cm³/mol. The van der Waals surface area contributed by atoms with Crippen LogP contribution in [-0.2, 0) is 6.54 Å². The molecule has 0 aliphatic carbocycles. The molecule has 0 saturated carbocycles. The monoisotopic (exact) mass is 419 g/mol. The van der Waals surface area contributed by atoms with E-state index < -0.39 is 0 Å². The largest absolute Gasteiger partial charge is 0.378 e. The fourth-order valence-corrected chi connectivity index (χ4v) is 3.92. The number of benzene rings is 2. The molecule has 3 aromatic heterocycles. The molecule has 5 aromatic rings. The van der Waals surface area contributed by atoms with Gasteiger partial charge in [0.15, 0.2) is 0 Å². The molecule has 5 rings (SSSR count). The second kappa shape index (κ2) is 8.55. The Bertz CT molecular complexity index is 1340. The second-order valence-corrected chi connectivity index (χ2v) is 8.04. The van der Waals surface area contributed by atoms with Crippen molar-refractivity contribution in [2.45, 2.75) is 6.54 Å². The van der Waals surface area contributed by atoms with Gasteiger partial charge < -0.3 is 14.8 Å². The first kappa shape index (κ1) is 19.8. The normalized spacial score (nSPS) is 10.9. The third-order valence-corrected chi connectivity index (χ3v) is 5.56. The SMILES string of the molecule is CN(C)c1cccc(Nc2cc3c(cn2)cc(-c2cccnc2)n3Cc2ccccc2)c1. The lowest BCUT2D eigenvalue weighted by Crippen LogP contribution is -2.08. The summed E-state index contributed by atoms with van der Waals surface area (Å²) >= 11 is 0. The van der Waals surface area contributed by atoms with Crippen LogP contribution in [0.2, 0.25) is 0 Å². The van der Waals surface area contributed by atoms with E-state index in [0.717, 1.165) is 45.9 Å². The lowest BCUT2D eigenvalue weighted by atomic mass is 10.2. The summed E-state index contributed by atoms with van der Waals surface area (Å²) in [5, 5.41) is 4.57. The predicted octanol–water partition coefficient (Wildman–Crippen LogP) is 5.96. The van der Waals surface area contributed by atoms with Crippen molar-refractivity contribution in [3.05, 3.63) is 103 Å². The first-order valence-corrected chi connectivity index (χ1v) is 10.7. The van der Waals surface area contributed by atoms with Crippen molar-refractivity contribution in [1.29, 1.82) is 0 Å². The van der Waals surface area contributed by atoms with Crippen LogP contribution in [-0.4, -0.2) is 28.6 Å². The summed E-state index contributed by atoms with van der Waals surface area (Å²) in [5.74, 6) is 0.818. The van der Waals surface area contributed by atoms with Crippen LogP contribution in [0, 0.1) is 0 Å². The smallest absolute Gasteiger partial charge is 0.132 e. The second-order valence-electron chi connectivity index (χ2n) is 8.04. The molecule has 32 heavy (non-hydrogen) atoms. The lowest BCUT2D eigenvalue weighted by molar-refractivity contribution is 0.844. The number of aromatic nitrogens is 3. The summed E-state index contributed by atoms with van der Waals surface area (Å²) in [6.07, 6.45) is 5.66. The van der Waals surface area contributed by atoms with E-state index in [9.17, 15) is 0 Å². The molecule has 0 saturated heterocycles. The van der Waals surface area contributed by atoms with Crippen molar-refractivity contribution in [1.82, 2.24) is 14.5 Å². The minimum atomic E-state index is 0.772. The summed E-state index contributed by atoms with van der Waals surface area (Å²) in [5.41, 5.74) is 6.76. The standard InChI is InChI=1S/C27H25N5/c1-31(2)24-12-6-11-23(15-24)30-27-16-26-22(18-29-27)14-25(21-10-7-13-28-17-21)32(26)19-20-8-4-3-5-9-20/h3-18H,19H2,1-2H3,(H,29,30). The van der Waals surface area contributed by atoms with Crippen LogP contribution < -0.4 is 10.2 Å². The first-order valence-electron chi connectivity index (χ1n) is 10.7. The number of hydrogen-bond acceptors (Lipinski definition) is 4. The van der Waals surface area contributed by atoms with E-state index in [0.29, 0.717) is 0 Å². The van der Waals surface area contributed by atoms with Crippen LogP contribution in [0.25, 0.3) is 22.2 Å². The Morgan fingerprint density at radius 1 is 0.875 bits per heavy atom. The fourth-order valence-electron chi connectivity index (χ4n) is 3.92. The topological polar surface area (TPSA) is 46.0 Å². The van der Waals surface area contributed by atoms with Gasteiger partial charge >= 0.3 is 0 Å². The fraction of sp³-hybridized carbons (Fsp3) is 0.111. The molecule has 0 spiro atoms. The van der Waals surface area contributed by atoms with Crippen LogP contribution in [0.3, 0.4) is 0 Å². The van der Waals surface area contributed by atoms with Gasteiger partial charge in [0, 0.05) is 67.6 Å². The van der Waals surface area contributed by atoms with Gasteiger partial charge in [0.25, 0.3) is 0 Å². The Balaban J connectivity index is 1.58. The van der Waals surface area contributed by atoms with Gasteiger partial charge in [-0.1, -0.05) is 36.4 Å². The number of fused-ring (bicyclic) bond motifs is 1. The molecule has 5 heteroatoms. The Morgan fingerprint density at radius 3 is 2.53 bits per heavy atom. The van der Waals surface area contributed by atoms with Gasteiger partial charge in [-0.05, 0) is 42.0 Å². The maximum atomic E-state index is 4.68. The molecule has 0 bridgehead atoms. The van der Waals surface area contributed by atoms with E-state index in [1.165, 1.54) is 5.56 Å². The number of nitrogens with zero attached hydrogens (tertiary/aromatic N) is 4. The van der Waals surface area contributed by atoms with Crippen molar-refractivity contribution in [2.75, 3.05) is 24.3 Å². The maximum Gasteiger partial charge on any atom is 0.132 e. The van der Waals surface area contributed by atoms with Crippen LogP contribution in [0.5, 0.6) is 0 Å². The highest BCUT2D eigenvalue weighted by atomic mass is 15.1. The molecule has 158 valence electrons. The van der Waals surface area contributed by atoms with E-state index in [1.807, 2.05) is 38.6 Å². The van der Waals surface area contributed by atoms with Gasteiger partial charge in [0.05, 0.1) is 11.2 Å². The molecule has 1 N–H and O–H groups in total. The number of hydrogen-bond donors (Lipinski definition) is 1. The van der Waals surface area contributed by atoms with E-state index in [-0.39, 0.29) is 0 Å². The lowest BCUT2D eigenvalue weighted by Gasteiger charge is -2.15. The summed E-state index contributed by atoms with van der Waals surface area (Å²) < 4.78 is 2.34.